The zero-order valence-corrected chi connectivity index (χ0v) is 27.1. The molecule has 0 bridgehead atoms. The van der Waals surface area contributed by atoms with Crippen molar-refractivity contribution >= 4 is 22.6 Å². The van der Waals surface area contributed by atoms with Crippen LogP contribution in [0.2, 0.25) is 0 Å². The Morgan fingerprint density at radius 1 is 0.915 bits per heavy atom. The summed E-state index contributed by atoms with van der Waals surface area (Å²) >= 11 is 0. The summed E-state index contributed by atoms with van der Waals surface area (Å²) < 4.78 is 7.39. The van der Waals surface area contributed by atoms with Gasteiger partial charge >= 0.3 is 5.97 Å². The minimum Gasteiger partial charge on any atom is -0.465 e. The van der Waals surface area contributed by atoms with E-state index in [1.165, 1.54) is 16.8 Å². The number of carbonyl (C=O) groups excluding carboxylic acids is 1. The van der Waals surface area contributed by atoms with Gasteiger partial charge in [-0.05, 0) is 55.2 Å². The van der Waals surface area contributed by atoms with E-state index < -0.39 is 5.54 Å². The van der Waals surface area contributed by atoms with Gasteiger partial charge in [-0.25, -0.2) is 0 Å². The third kappa shape index (κ3) is 5.87. The molecular weight excluding hydrogens is 582 g/mol. The zero-order valence-electron chi connectivity index (χ0n) is 27.1. The number of aromatic nitrogens is 3. The van der Waals surface area contributed by atoms with Crippen LogP contribution in [0.15, 0.2) is 122 Å². The number of anilines is 1. The first-order valence-corrected chi connectivity index (χ1v) is 16.6. The van der Waals surface area contributed by atoms with E-state index in [0.29, 0.717) is 13.2 Å². The lowest BCUT2D eigenvalue weighted by atomic mass is 9.70. The molecule has 7 heteroatoms. The number of carbonyl (C=O) groups is 1. The van der Waals surface area contributed by atoms with Gasteiger partial charge in [0, 0.05) is 61.1 Å². The van der Waals surface area contributed by atoms with Crippen molar-refractivity contribution in [1.82, 2.24) is 19.7 Å². The minimum absolute atomic E-state index is 0.157. The number of ether oxygens (including phenoxy) is 1. The van der Waals surface area contributed by atoms with Gasteiger partial charge in [0.1, 0.15) is 5.54 Å². The van der Waals surface area contributed by atoms with Crippen molar-refractivity contribution in [2.45, 2.75) is 25.8 Å². The standard InChI is InChI=1S/C40H41N5O2/c1-3-47-39(46)29-43-23-25-44(26-24-43)38-21-22-41-37-20-19-31(27-35(37)38)36-28-45(42-30(36)2)40(32-13-7-4-8-14-32,33-15-9-5-10-16-33)34-17-11-6-12-18-34/h4-17,19-22,27-28,34H,3,18,23-26,29H2,1-2H3. The third-order valence-corrected chi connectivity index (χ3v) is 9.61. The quantitative estimate of drug-likeness (QED) is 0.165. The van der Waals surface area contributed by atoms with Crippen molar-refractivity contribution in [2.24, 2.45) is 5.92 Å². The molecule has 1 atom stereocenters. The zero-order chi connectivity index (χ0) is 32.2. The highest BCUT2D eigenvalue weighted by molar-refractivity contribution is 5.95. The molecule has 1 unspecified atom stereocenters. The maximum absolute atomic E-state index is 12.1. The Bertz CT molecular complexity index is 1870. The fourth-order valence-electron chi connectivity index (χ4n) is 7.34. The van der Waals surface area contributed by atoms with Crippen molar-refractivity contribution in [3.05, 3.63) is 138 Å². The summed E-state index contributed by atoms with van der Waals surface area (Å²) in [5.41, 5.74) is 7.20. The van der Waals surface area contributed by atoms with Gasteiger partial charge in [-0.3, -0.25) is 19.4 Å². The Hall–Kier alpha value is -5.01. The first kappa shape index (κ1) is 30.6. The molecule has 7 nitrogen and oxygen atoms in total. The highest BCUT2D eigenvalue weighted by Gasteiger charge is 2.44. The molecule has 2 aromatic heterocycles. The van der Waals surface area contributed by atoms with Gasteiger partial charge in [-0.15, -0.1) is 0 Å². The van der Waals surface area contributed by atoms with E-state index in [1.54, 1.807) is 0 Å². The summed E-state index contributed by atoms with van der Waals surface area (Å²) in [5, 5.41) is 6.43. The predicted molar refractivity (Wildman–Crippen MR) is 188 cm³/mol. The van der Waals surface area contributed by atoms with Crippen molar-refractivity contribution < 1.29 is 9.53 Å². The lowest BCUT2D eigenvalue weighted by Gasteiger charge is -2.41. The van der Waals surface area contributed by atoms with Crippen molar-refractivity contribution in [1.29, 1.82) is 0 Å². The number of benzene rings is 3. The predicted octanol–water partition coefficient (Wildman–Crippen LogP) is 7.02. The number of pyridine rings is 1. The maximum atomic E-state index is 12.1. The molecule has 0 saturated carbocycles. The van der Waals surface area contributed by atoms with Crippen LogP contribution < -0.4 is 4.90 Å². The van der Waals surface area contributed by atoms with E-state index in [1.807, 2.05) is 13.1 Å². The lowest BCUT2D eigenvalue weighted by Crippen LogP contribution is -2.48. The number of esters is 1. The Morgan fingerprint density at radius 3 is 2.30 bits per heavy atom. The monoisotopic (exact) mass is 623 g/mol. The number of nitrogens with zero attached hydrogens (tertiary/aromatic N) is 5. The van der Waals surface area contributed by atoms with Crippen LogP contribution >= 0.6 is 0 Å². The topological polar surface area (TPSA) is 63.5 Å². The second-order valence-corrected chi connectivity index (χ2v) is 12.4. The van der Waals surface area contributed by atoms with Crippen LogP contribution in [-0.2, 0) is 15.1 Å². The first-order chi connectivity index (χ1) is 23.1. The molecule has 2 aliphatic rings. The molecule has 1 aliphatic carbocycles. The number of rotatable bonds is 9. The molecule has 3 aromatic carbocycles. The normalized spacial score (nSPS) is 16.9. The fraction of sp³-hybridized carbons (Fsp3) is 0.275. The first-order valence-electron chi connectivity index (χ1n) is 16.6. The fourth-order valence-corrected chi connectivity index (χ4v) is 7.34. The Kier molecular flexibility index (Phi) is 8.72. The highest BCUT2D eigenvalue weighted by Crippen LogP contribution is 2.45. The van der Waals surface area contributed by atoms with Gasteiger partial charge in [-0.1, -0.05) is 91.0 Å². The van der Waals surface area contributed by atoms with Crippen LogP contribution in [0.4, 0.5) is 5.69 Å². The lowest BCUT2D eigenvalue weighted by molar-refractivity contribution is -0.144. The van der Waals surface area contributed by atoms with Gasteiger partial charge in [0.2, 0.25) is 0 Å². The van der Waals surface area contributed by atoms with E-state index in [2.05, 4.69) is 137 Å². The van der Waals surface area contributed by atoms with Crippen molar-refractivity contribution in [2.75, 3.05) is 44.2 Å². The van der Waals surface area contributed by atoms with E-state index in [9.17, 15) is 4.79 Å². The average Bonchev–Trinajstić information content (AvgIpc) is 3.51. The molecule has 0 N–H and O–H groups in total. The van der Waals surface area contributed by atoms with Crippen molar-refractivity contribution in [3.63, 3.8) is 0 Å². The van der Waals surface area contributed by atoms with E-state index in [4.69, 9.17) is 14.8 Å². The molecule has 238 valence electrons. The Morgan fingerprint density at radius 2 is 1.64 bits per heavy atom. The number of hydrogen-bond donors (Lipinski definition) is 0. The van der Waals surface area contributed by atoms with Gasteiger partial charge in [0.25, 0.3) is 0 Å². The van der Waals surface area contributed by atoms with Gasteiger partial charge in [0.05, 0.1) is 24.4 Å². The van der Waals surface area contributed by atoms with Crippen molar-refractivity contribution in [3.8, 4) is 11.1 Å². The van der Waals surface area contributed by atoms with Crippen LogP contribution in [0.25, 0.3) is 22.0 Å². The second-order valence-electron chi connectivity index (χ2n) is 12.4. The summed E-state index contributed by atoms with van der Waals surface area (Å²) in [4.78, 5) is 21.4. The summed E-state index contributed by atoms with van der Waals surface area (Å²) in [6, 6.07) is 30.3. The third-order valence-electron chi connectivity index (χ3n) is 9.61. The summed E-state index contributed by atoms with van der Waals surface area (Å²) in [6.07, 6.45) is 13.9. The van der Waals surface area contributed by atoms with Crippen LogP contribution in [-0.4, -0.2) is 65.0 Å². The van der Waals surface area contributed by atoms with Crippen LogP contribution in [0.3, 0.4) is 0 Å². The summed E-state index contributed by atoms with van der Waals surface area (Å²) in [6.45, 7) is 7.99. The maximum Gasteiger partial charge on any atom is 0.320 e. The number of piperazine rings is 1. The molecule has 3 heterocycles. The van der Waals surface area contributed by atoms with Crippen LogP contribution in [0, 0.1) is 12.8 Å². The number of hydrogen-bond acceptors (Lipinski definition) is 6. The summed E-state index contributed by atoms with van der Waals surface area (Å²) in [7, 11) is 0. The molecular formula is C40H41N5O2. The smallest absolute Gasteiger partial charge is 0.320 e. The van der Waals surface area contributed by atoms with Crippen LogP contribution in [0.1, 0.15) is 30.2 Å². The Labute approximate surface area is 276 Å². The van der Waals surface area contributed by atoms with Gasteiger partial charge in [0.15, 0.2) is 0 Å². The van der Waals surface area contributed by atoms with E-state index in [0.717, 1.165) is 60.3 Å². The number of allylic oxidation sites excluding steroid dienone is 4. The number of fused-ring (bicyclic) bond motifs is 1. The Balaban J connectivity index is 1.28. The van der Waals surface area contributed by atoms with Gasteiger partial charge in [-0.2, -0.15) is 5.10 Å². The molecule has 47 heavy (non-hydrogen) atoms. The molecule has 7 rings (SSSR count). The highest BCUT2D eigenvalue weighted by atomic mass is 16.5. The van der Waals surface area contributed by atoms with E-state index >= 15 is 0 Å². The largest absolute Gasteiger partial charge is 0.465 e. The SMILES string of the molecule is CCOC(=O)CN1CCN(c2ccnc3ccc(-c4cn(C(c5ccccc5)(c5ccccc5)C5C=CC=CC5)nc4C)cc23)CC1. The molecule has 1 fully saturated rings. The summed E-state index contributed by atoms with van der Waals surface area (Å²) in [5.74, 6) is 0.00902. The molecule has 0 amide bonds. The molecule has 1 aliphatic heterocycles. The van der Waals surface area contributed by atoms with Crippen LogP contribution in [0.5, 0.6) is 0 Å². The minimum atomic E-state index is -0.542. The molecule has 0 spiro atoms. The van der Waals surface area contributed by atoms with Gasteiger partial charge < -0.3 is 9.64 Å². The van der Waals surface area contributed by atoms with E-state index in [-0.39, 0.29) is 11.9 Å². The average molecular weight is 624 g/mol. The second kappa shape index (κ2) is 13.4. The molecule has 1 saturated heterocycles. The molecule has 0 radical (unpaired) electrons. The number of aryl methyl sites for hydroxylation is 1. The molecule has 5 aromatic rings.